The molecule has 0 radical (unpaired) electrons. The number of aliphatic carboxylic acids is 1. The zero-order chi connectivity index (χ0) is 23.0. The van der Waals surface area contributed by atoms with Gasteiger partial charge in [-0.05, 0) is 44.2 Å². The van der Waals surface area contributed by atoms with E-state index in [1.54, 1.807) is 54.1 Å². The molecule has 0 aliphatic heterocycles. The maximum Gasteiger partial charge on any atom is 0.341 e. The van der Waals surface area contributed by atoms with Crippen molar-refractivity contribution in [3.05, 3.63) is 72.2 Å². The number of anilines is 2. The van der Waals surface area contributed by atoms with Gasteiger partial charge in [0, 0.05) is 24.3 Å². The molecule has 2 amide bonds. The first-order chi connectivity index (χ1) is 14.7. The van der Waals surface area contributed by atoms with Gasteiger partial charge in [-0.15, -0.1) is 0 Å². The van der Waals surface area contributed by atoms with Crippen LogP contribution in [0.1, 0.15) is 19.5 Å². The molecule has 1 aromatic heterocycles. The summed E-state index contributed by atoms with van der Waals surface area (Å²) in [7, 11) is 0. The van der Waals surface area contributed by atoms with Gasteiger partial charge in [-0.3, -0.25) is 9.59 Å². The van der Waals surface area contributed by atoms with Gasteiger partial charge in [0.2, 0.25) is 5.91 Å². The molecule has 0 saturated heterocycles. The third-order valence-corrected chi connectivity index (χ3v) is 3.81. The second kappa shape index (κ2) is 10.6. The summed E-state index contributed by atoms with van der Waals surface area (Å²) >= 11 is 0. The fourth-order valence-corrected chi connectivity index (χ4v) is 2.59. The first-order valence-electron chi connectivity index (χ1n) is 9.33. The molecule has 1 aromatic carbocycles. The number of carboxylic acids is 1. The van der Waals surface area contributed by atoms with Gasteiger partial charge in [0.25, 0.3) is 5.91 Å². The van der Waals surface area contributed by atoms with Crippen LogP contribution in [0.3, 0.4) is 0 Å². The summed E-state index contributed by atoms with van der Waals surface area (Å²) < 4.78 is 6.56. The Balaban J connectivity index is 2.16. The van der Waals surface area contributed by atoms with Crippen molar-refractivity contribution in [1.29, 1.82) is 0 Å². The minimum Gasteiger partial charge on any atom is -0.483 e. The predicted octanol–water partition coefficient (Wildman–Crippen LogP) is 3.20. The number of rotatable bonds is 9. The van der Waals surface area contributed by atoms with Gasteiger partial charge in [-0.1, -0.05) is 18.7 Å². The predicted molar refractivity (Wildman–Crippen MR) is 117 cm³/mol. The Morgan fingerprint density at radius 1 is 1.23 bits per heavy atom. The average Bonchev–Trinajstić information content (AvgIpc) is 3.06. The van der Waals surface area contributed by atoms with Crippen molar-refractivity contribution in [3.8, 4) is 5.69 Å². The molecular weight excluding hydrogens is 400 g/mol. The summed E-state index contributed by atoms with van der Waals surface area (Å²) in [5.74, 6) is -1.16. The summed E-state index contributed by atoms with van der Waals surface area (Å²) in [6.45, 7) is 8.04. The molecular formula is C22H24N4O5. The molecule has 31 heavy (non-hydrogen) atoms. The quantitative estimate of drug-likeness (QED) is 0.323. The van der Waals surface area contributed by atoms with Crippen LogP contribution in [0.5, 0.6) is 0 Å². The van der Waals surface area contributed by atoms with E-state index in [1.165, 1.54) is 13.0 Å². The number of aromatic nitrogens is 2. The Morgan fingerprint density at radius 2 is 1.90 bits per heavy atom. The maximum absolute atomic E-state index is 12.6. The number of carboxylic acid groups (broad SMARTS) is 1. The number of benzene rings is 1. The fourth-order valence-electron chi connectivity index (χ4n) is 2.59. The SMILES string of the molecule is C=C(/C=C(\C=C/C)C(=O)Nc1ccc(-n2nc(C)cc2NC(C)=O)cc1)OCC(=O)O. The number of nitrogens with one attached hydrogen (secondary N) is 2. The fraction of sp³-hybridized carbons (Fsp3) is 0.182. The van der Waals surface area contributed by atoms with E-state index in [1.807, 2.05) is 6.92 Å². The number of nitrogens with zero attached hydrogens (tertiary/aromatic N) is 2. The zero-order valence-electron chi connectivity index (χ0n) is 17.5. The van der Waals surface area contributed by atoms with Crippen molar-refractivity contribution in [1.82, 2.24) is 9.78 Å². The molecule has 0 aliphatic rings. The van der Waals surface area contributed by atoms with Crippen LogP contribution < -0.4 is 10.6 Å². The Morgan fingerprint density at radius 3 is 2.48 bits per heavy atom. The summed E-state index contributed by atoms with van der Waals surface area (Å²) in [6, 6.07) is 8.66. The lowest BCUT2D eigenvalue weighted by Crippen LogP contribution is -2.14. The monoisotopic (exact) mass is 424 g/mol. The van der Waals surface area contributed by atoms with Gasteiger partial charge in [-0.2, -0.15) is 5.10 Å². The highest BCUT2D eigenvalue weighted by Gasteiger charge is 2.11. The van der Waals surface area contributed by atoms with Crippen LogP contribution in [0.4, 0.5) is 11.5 Å². The van der Waals surface area contributed by atoms with Crippen LogP contribution >= 0.6 is 0 Å². The molecule has 0 bridgehead atoms. The lowest BCUT2D eigenvalue weighted by molar-refractivity contribution is -0.140. The Hall–Kier alpha value is -4.14. The first kappa shape index (κ1) is 23.1. The number of carbonyl (C=O) groups is 3. The smallest absolute Gasteiger partial charge is 0.341 e. The molecule has 0 saturated carbocycles. The average molecular weight is 424 g/mol. The molecule has 0 aliphatic carbocycles. The molecule has 0 fully saturated rings. The van der Waals surface area contributed by atoms with Gasteiger partial charge in [0.05, 0.1) is 11.4 Å². The zero-order valence-corrected chi connectivity index (χ0v) is 17.5. The van der Waals surface area contributed by atoms with Crippen molar-refractivity contribution in [2.24, 2.45) is 0 Å². The van der Waals surface area contributed by atoms with Gasteiger partial charge >= 0.3 is 5.97 Å². The van der Waals surface area contributed by atoms with Crippen LogP contribution in [0.2, 0.25) is 0 Å². The van der Waals surface area contributed by atoms with Crippen molar-refractivity contribution < 1.29 is 24.2 Å². The van der Waals surface area contributed by atoms with Crippen molar-refractivity contribution in [3.63, 3.8) is 0 Å². The van der Waals surface area contributed by atoms with E-state index in [4.69, 9.17) is 9.84 Å². The topological polar surface area (TPSA) is 123 Å². The summed E-state index contributed by atoms with van der Waals surface area (Å²) in [5, 5.41) is 18.5. The van der Waals surface area contributed by atoms with E-state index < -0.39 is 18.5 Å². The summed E-state index contributed by atoms with van der Waals surface area (Å²) in [4.78, 5) is 34.6. The highest BCUT2D eigenvalue weighted by Crippen LogP contribution is 2.20. The Bertz CT molecular complexity index is 1050. The third-order valence-electron chi connectivity index (χ3n) is 3.81. The van der Waals surface area contributed by atoms with Gasteiger partial charge in [0.15, 0.2) is 6.61 Å². The first-order valence-corrected chi connectivity index (χ1v) is 9.33. The van der Waals surface area contributed by atoms with Crippen LogP contribution in [-0.4, -0.2) is 39.3 Å². The molecule has 3 N–H and O–H groups in total. The van der Waals surface area contributed by atoms with Crippen LogP contribution in [-0.2, 0) is 19.1 Å². The number of hydrogen-bond acceptors (Lipinski definition) is 5. The van der Waals surface area contributed by atoms with E-state index in [0.717, 1.165) is 5.69 Å². The number of hydrogen-bond donors (Lipinski definition) is 3. The molecule has 9 nitrogen and oxygen atoms in total. The molecule has 2 rings (SSSR count). The number of amides is 2. The summed E-state index contributed by atoms with van der Waals surface area (Å²) in [5.41, 5.74) is 2.23. The Labute approximate surface area is 179 Å². The van der Waals surface area contributed by atoms with E-state index in [2.05, 4.69) is 22.3 Å². The maximum atomic E-state index is 12.6. The van der Waals surface area contributed by atoms with Crippen LogP contribution in [0.15, 0.2) is 66.5 Å². The van der Waals surface area contributed by atoms with E-state index in [0.29, 0.717) is 17.2 Å². The van der Waals surface area contributed by atoms with Crippen molar-refractivity contribution in [2.75, 3.05) is 17.2 Å². The number of ether oxygens (including phenoxy) is 1. The summed E-state index contributed by atoms with van der Waals surface area (Å²) in [6.07, 6.45) is 4.59. The standard InChI is InChI=1S/C22H24N4O5/c1-5-6-17(12-15(3)31-13-21(28)29)22(30)24-18-7-9-19(10-8-18)26-20(23-16(4)27)11-14(2)25-26/h5-12H,3,13H2,1-2,4H3,(H,23,27)(H,24,30)(H,28,29)/b6-5-,17-12+. The molecule has 0 unspecified atom stereocenters. The van der Waals surface area contributed by atoms with Crippen molar-refractivity contribution >= 4 is 29.3 Å². The number of carbonyl (C=O) groups excluding carboxylic acids is 2. The van der Waals surface area contributed by atoms with Crippen LogP contribution in [0.25, 0.3) is 5.69 Å². The minimum atomic E-state index is -1.14. The molecule has 0 spiro atoms. The molecule has 9 heteroatoms. The molecule has 1 heterocycles. The molecule has 0 atom stereocenters. The third kappa shape index (κ3) is 7.00. The second-order valence-corrected chi connectivity index (χ2v) is 6.51. The molecule has 2 aromatic rings. The highest BCUT2D eigenvalue weighted by atomic mass is 16.5. The lowest BCUT2D eigenvalue weighted by atomic mass is 10.2. The minimum absolute atomic E-state index is 0.0561. The lowest BCUT2D eigenvalue weighted by Gasteiger charge is -2.10. The van der Waals surface area contributed by atoms with E-state index in [-0.39, 0.29) is 17.2 Å². The van der Waals surface area contributed by atoms with Crippen molar-refractivity contribution in [2.45, 2.75) is 20.8 Å². The number of allylic oxidation sites excluding steroid dienone is 2. The molecule has 162 valence electrons. The highest BCUT2D eigenvalue weighted by molar-refractivity contribution is 6.06. The van der Waals surface area contributed by atoms with Gasteiger partial charge < -0.3 is 20.5 Å². The van der Waals surface area contributed by atoms with Gasteiger partial charge in [0.1, 0.15) is 11.6 Å². The number of aryl methyl sites for hydroxylation is 1. The van der Waals surface area contributed by atoms with E-state index >= 15 is 0 Å². The van der Waals surface area contributed by atoms with Crippen LogP contribution in [0, 0.1) is 6.92 Å². The normalized spacial score (nSPS) is 11.3. The van der Waals surface area contributed by atoms with Gasteiger partial charge in [-0.25, -0.2) is 9.48 Å². The largest absolute Gasteiger partial charge is 0.483 e. The second-order valence-electron chi connectivity index (χ2n) is 6.51. The Kier molecular flexibility index (Phi) is 7.90. The van der Waals surface area contributed by atoms with E-state index in [9.17, 15) is 14.4 Å².